The number of rotatable bonds is 1. The maximum Gasteiger partial charge on any atom is 0.144 e. The predicted octanol–water partition coefficient (Wildman–Crippen LogP) is 4.89. The minimum absolute atomic E-state index is 0.114. The Morgan fingerprint density at radius 3 is 2.60 bits per heavy atom. The van der Waals surface area contributed by atoms with Gasteiger partial charge in [0, 0.05) is 4.47 Å². The molecular weight excluding hydrogens is 326 g/mol. The van der Waals surface area contributed by atoms with Crippen LogP contribution in [-0.4, -0.2) is 9.97 Å². The molecule has 0 spiro atoms. The fourth-order valence-corrected chi connectivity index (χ4v) is 2.81. The normalized spacial score (nSPS) is 11.2. The number of aryl methyl sites for hydroxylation is 2. The highest BCUT2D eigenvalue weighted by molar-refractivity contribution is 9.10. The summed E-state index contributed by atoms with van der Waals surface area (Å²) in [5.41, 5.74) is 2.66. The smallest absolute Gasteiger partial charge is 0.144 e. The van der Waals surface area contributed by atoms with Gasteiger partial charge in [-0.3, -0.25) is 0 Å². The van der Waals surface area contributed by atoms with Crippen LogP contribution in [-0.2, 0) is 0 Å². The second kappa shape index (κ2) is 4.66. The minimum Gasteiger partial charge on any atom is -0.338 e. The molecule has 3 aromatic rings. The van der Waals surface area contributed by atoms with Gasteiger partial charge in [0.15, 0.2) is 0 Å². The van der Waals surface area contributed by atoms with Gasteiger partial charge in [-0.2, -0.15) is 0 Å². The highest BCUT2D eigenvalue weighted by Crippen LogP contribution is 2.30. The summed E-state index contributed by atoms with van der Waals surface area (Å²) in [6, 6.07) is 6.42. The van der Waals surface area contributed by atoms with Crippen molar-refractivity contribution < 1.29 is 8.78 Å². The Labute approximate surface area is 123 Å². The largest absolute Gasteiger partial charge is 0.338 e. The van der Waals surface area contributed by atoms with Crippen LogP contribution in [0.5, 0.6) is 0 Å². The van der Waals surface area contributed by atoms with E-state index in [4.69, 9.17) is 0 Å². The standard InChI is InChI=1S/C15H11BrF2N2/c1-7-3-4-10(17)12(13(7)18)15-19-11-6-9(16)5-8(2)14(11)20-15/h3-6H,1-2H3,(H,19,20). The highest BCUT2D eigenvalue weighted by Gasteiger charge is 2.17. The summed E-state index contributed by atoms with van der Waals surface area (Å²) in [5, 5.41) is 0. The van der Waals surface area contributed by atoms with Gasteiger partial charge in [0.1, 0.15) is 17.5 Å². The number of hydrogen-bond donors (Lipinski definition) is 1. The number of aromatic amines is 1. The monoisotopic (exact) mass is 336 g/mol. The van der Waals surface area contributed by atoms with Gasteiger partial charge in [-0.1, -0.05) is 22.0 Å². The van der Waals surface area contributed by atoms with E-state index in [0.29, 0.717) is 11.1 Å². The van der Waals surface area contributed by atoms with E-state index in [1.807, 2.05) is 19.1 Å². The molecule has 0 saturated carbocycles. The van der Waals surface area contributed by atoms with E-state index in [1.165, 1.54) is 12.1 Å². The first-order valence-corrected chi connectivity index (χ1v) is 6.87. The van der Waals surface area contributed by atoms with Gasteiger partial charge >= 0.3 is 0 Å². The van der Waals surface area contributed by atoms with Gasteiger partial charge in [-0.25, -0.2) is 13.8 Å². The molecule has 102 valence electrons. The van der Waals surface area contributed by atoms with Crippen LogP contribution >= 0.6 is 15.9 Å². The summed E-state index contributed by atoms with van der Waals surface area (Å²) in [6.45, 7) is 3.50. The maximum absolute atomic E-state index is 14.1. The van der Waals surface area contributed by atoms with Gasteiger partial charge in [0.25, 0.3) is 0 Å². The van der Waals surface area contributed by atoms with Crippen LogP contribution in [0.1, 0.15) is 11.1 Å². The second-order valence-electron chi connectivity index (χ2n) is 4.76. The molecule has 1 N–H and O–H groups in total. The fourth-order valence-electron chi connectivity index (χ4n) is 2.24. The molecule has 0 unspecified atom stereocenters. The van der Waals surface area contributed by atoms with E-state index in [2.05, 4.69) is 25.9 Å². The summed E-state index contributed by atoms with van der Waals surface area (Å²) >= 11 is 3.39. The summed E-state index contributed by atoms with van der Waals surface area (Å²) in [4.78, 5) is 7.31. The van der Waals surface area contributed by atoms with Crippen LogP contribution in [0.15, 0.2) is 28.7 Å². The molecule has 2 aromatic carbocycles. The van der Waals surface area contributed by atoms with E-state index in [9.17, 15) is 8.78 Å². The molecule has 0 aliphatic carbocycles. The molecule has 5 heteroatoms. The molecule has 0 saturated heterocycles. The lowest BCUT2D eigenvalue weighted by Gasteiger charge is -2.03. The molecule has 0 radical (unpaired) electrons. The third-order valence-corrected chi connectivity index (χ3v) is 3.72. The minimum atomic E-state index is -0.621. The van der Waals surface area contributed by atoms with E-state index in [0.717, 1.165) is 15.6 Å². The second-order valence-corrected chi connectivity index (χ2v) is 5.67. The summed E-state index contributed by atoms with van der Waals surface area (Å²) < 4.78 is 29.0. The topological polar surface area (TPSA) is 28.7 Å². The molecule has 20 heavy (non-hydrogen) atoms. The number of benzene rings is 2. The number of nitrogens with one attached hydrogen (secondary N) is 1. The molecule has 1 heterocycles. The van der Waals surface area contributed by atoms with Crippen molar-refractivity contribution in [2.75, 3.05) is 0 Å². The Bertz CT molecular complexity index is 824. The zero-order chi connectivity index (χ0) is 14.4. The predicted molar refractivity (Wildman–Crippen MR) is 78.6 cm³/mol. The van der Waals surface area contributed by atoms with Crippen molar-refractivity contribution in [3.63, 3.8) is 0 Å². The fraction of sp³-hybridized carbons (Fsp3) is 0.133. The number of fused-ring (bicyclic) bond motifs is 1. The Morgan fingerprint density at radius 2 is 1.85 bits per heavy atom. The third kappa shape index (κ3) is 2.02. The highest BCUT2D eigenvalue weighted by atomic mass is 79.9. The van der Waals surface area contributed by atoms with Crippen molar-refractivity contribution in [3.8, 4) is 11.4 Å². The molecule has 0 bridgehead atoms. The molecule has 0 atom stereocenters. The van der Waals surface area contributed by atoms with Crippen molar-refractivity contribution in [2.24, 2.45) is 0 Å². The summed E-state index contributed by atoms with van der Waals surface area (Å²) in [6.07, 6.45) is 0. The SMILES string of the molecule is Cc1ccc(F)c(-c2nc3c(C)cc(Br)cc3[nH]2)c1F. The Morgan fingerprint density at radius 1 is 1.10 bits per heavy atom. The first-order chi connectivity index (χ1) is 9.47. The van der Waals surface area contributed by atoms with Crippen LogP contribution in [0.2, 0.25) is 0 Å². The lowest BCUT2D eigenvalue weighted by atomic mass is 10.1. The first-order valence-electron chi connectivity index (χ1n) is 6.08. The van der Waals surface area contributed by atoms with Crippen LogP contribution in [0.3, 0.4) is 0 Å². The molecule has 0 aliphatic heterocycles. The lowest BCUT2D eigenvalue weighted by molar-refractivity contribution is 0.582. The molecule has 3 rings (SSSR count). The lowest BCUT2D eigenvalue weighted by Crippen LogP contribution is -1.94. The van der Waals surface area contributed by atoms with Gasteiger partial charge < -0.3 is 4.98 Å². The molecule has 1 aromatic heterocycles. The van der Waals surface area contributed by atoms with Crippen LogP contribution < -0.4 is 0 Å². The molecular formula is C15H11BrF2N2. The van der Waals surface area contributed by atoms with Crippen molar-refractivity contribution in [2.45, 2.75) is 13.8 Å². The number of hydrogen-bond acceptors (Lipinski definition) is 1. The first kappa shape index (κ1) is 13.2. The van der Waals surface area contributed by atoms with Crippen LogP contribution in [0, 0.1) is 25.5 Å². The summed E-state index contributed by atoms with van der Waals surface area (Å²) in [7, 11) is 0. The van der Waals surface area contributed by atoms with Gasteiger partial charge in [-0.15, -0.1) is 0 Å². The zero-order valence-corrected chi connectivity index (χ0v) is 12.5. The third-order valence-electron chi connectivity index (χ3n) is 3.26. The van der Waals surface area contributed by atoms with Crippen molar-refractivity contribution in [3.05, 3.63) is 51.5 Å². The van der Waals surface area contributed by atoms with Crippen LogP contribution in [0.25, 0.3) is 22.4 Å². The van der Waals surface area contributed by atoms with E-state index in [-0.39, 0.29) is 11.4 Å². The van der Waals surface area contributed by atoms with Crippen molar-refractivity contribution in [1.29, 1.82) is 0 Å². The molecule has 0 aliphatic rings. The van der Waals surface area contributed by atoms with Crippen LogP contribution in [0.4, 0.5) is 8.78 Å². The van der Waals surface area contributed by atoms with Gasteiger partial charge in [-0.05, 0) is 43.2 Å². The van der Waals surface area contributed by atoms with E-state index < -0.39 is 11.6 Å². The molecule has 0 fully saturated rings. The maximum atomic E-state index is 14.1. The molecule has 0 amide bonds. The number of aromatic nitrogens is 2. The zero-order valence-electron chi connectivity index (χ0n) is 10.9. The molecule has 2 nitrogen and oxygen atoms in total. The van der Waals surface area contributed by atoms with Crippen molar-refractivity contribution in [1.82, 2.24) is 9.97 Å². The number of nitrogens with zero attached hydrogens (tertiary/aromatic N) is 1. The Balaban J connectivity index is 2.31. The average molecular weight is 337 g/mol. The number of halogens is 3. The van der Waals surface area contributed by atoms with Crippen molar-refractivity contribution >= 4 is 27.0 Å². The summed E-state index contributed by atoms with van der Waals surface area (Å²) in [5.74, 6) is -0.996. The Hall–Kier alpha value is -1.75. The number of imidazole rings is 1. The van der Waals surface area contributed by atoms with Gasteiger partial charge in [0.05, 0.1) is 16.6 Å². The van der Waals surface area contributed by atoms with E-state index in [1.54, 1.807) is 6.92 Å². The Kier molecular flexibility index (Phi) is 3.09. The average Bonchev–Trinajstić information content (AvgIpc) is 2.78. The number of H-pyrrole nitrogens is 1. The van der Waals surface area contributed by atoms with Gasteiger partial charge in [0.2, 0.25) is 0 Å². The van der Waals surface area contributed by atoms with E-state index >= 15 is 0 Å². The quantitative estimate of drug-likeness (QED) is 0.673.